The number of carbonyl (C=O) groups excluding carboxylic acids is 1. The Balaban J connectivity index is 2.10. The van der Waals surface area contributed by atoms with Gasteiger partial charge in [0.25, 0.3) is 5.56 Å². The van der Waals surface area contributed by atoms with Crippen LogP contribution in [0.5, 0.6) is 0 Å². The van der Waals surface area contributed by atoms with Gasteiger partial charge in [-0.05, 0) is 47.0 Å². The maximum Gasteiger partial charge on any atom is 0.251 e. The molecule has 0 aromatic carbocycles. The Morgan fingerprint density at radius 1 is 1.31 bits per heavy atom. The van der Waals surface area contributed by atoms with Gasteiger partial charge in [-0.15, -0.1) is 11.3 Å². The molecule has 142 valence electrons. The molecule has 1 N–H and O–H groups in total. The van der Waals surface area contributed by atoms with Crippen LogP contribution in [-0.4, -0.2) is 58.1 Å². The molecule has 8 heteroatoms. The van der Waals surface area contributed by atoms with Crippen LogP contribution in [0.1, 0.15) is 22.4 Å². The molecule has 0 unspecified atom stereocenters. The van der Waals surface area contributed by atoms with Crippen LogP contribution in [0.25, 0.3) is 0 Å². The summed E-state index contributed by atoms with van der Waals surface area (Å²) in [6, 6.07) is 5.60. The highest BCUT2D eigenvalue weighted by Gasteiger charge is 2.23. The standard InChI is InChI=1S/C18H26N4O2S2/c1-12-10-16(23)20-18(19-12)26-14(3)17(24)22(9-8-21(4)5)11-15-7-6-13(2)25-15/h6-7,10,14H,8-9,11H2,1-5H3,(H,19,20,23)/t14-/m1/s1. The molecule has 0 aliphatic heterocycles. The van der Waals surface area contributed by atoms with Gasteiger partial charge in [0, 0.05) is 34.6 Å². The molecule has 26 heavy (non-hydrogen) atoms. The van der Waals surface area contributed by atoms with E-state index in [-0.39, 0.29) is 16.7 Å². The second-order valence-electron chi connectivity index (χ2n) is 6.53. The van der Waals surface area contributed by atoms with Gasteiger partial charge in [-0.2, -0.15) is 0 Å². The van der Waals surface area contributed by atoms with Crippen molar-refractivity contribution in [3.63, 3.8) is 0 Å². The lowest BCUT2D eigenvalue weighted by molar-refractivity contribution is -0.131. The molecule has 2 heterocycles. The van der Waals surface area contributed by atoms with Crippen LogP contribution in [0, 0.1) is 13.8 Å². The Morgan fingerprint density at radius 3 is 2.62 bits per heavy atom. The Morgan fingerprint density at radius 2 is 2.04 bits per heavy atom. The fourth-order valence-electron chi connectivity index (χ4n) is 2.43. The van der Waals surface area contributed by atoms with Gasteiger partial charge in [0.1, 0.15) is 0 Å². The van der Waals surface area contributed by atoms with Gasteiger partial charge in [0.2, 0.25) is 5.91 Å². The summed E-state index contributed by atoms with van der Waals surface area (Å²) in [5.41, 5.74) is 0.451. The van der Waals surface area contributed by atoms with Crippen molar-refractivity contribution in [2.45, 2.75) is 37.7 Å². The molecule has 0 saturated carbocycles. The average molecular weight is 395 g/mol. The lowest BCUT2D eigenvalue weighted by Crippen LogP contribution is -2.40. The normalized spacial score (nSPS) is 12.4. The molecule has 0 saturated heterocycles. The number of nitrogens with one attached hydrogen (secondary N) is 1. The van der Waals surface area contributed by atoms with Crippen LogP contribution in [0.2, 0.25) is 0 Å². The predicted octanol–water partition coefficient (Wildman–Crippen LogP) is 2.52. The molecular formula is C18H26N4O2S2. The maximum absolute atomic E-state index is 13.0. The molecule has 2 rings (SSSR count). The van der Waals surface area contributed by atoms with Gasteiger partial charge in [-0.25, -0.2) is 4.98 Å². The van der Waals surface area contributed by atoms with E-state index >= 15 is 0 Å². The molecule has 2 aromatic heterocycles. The monoisotopic (exact) mass is 394 g/mol. The highest BCUT2D eigenvalue weighted by Crippen LogP contribution is 2.23. The Bertz CT molecular complexity index is 800. The summed E-state index contributed by atoms with van der Waals surface area (Å²) in [6.07, 6.45) is 0. The van der Waals surface area contributed by atoms with Crippen LogP contribution in [0.15, 0.2) is 28.2 Å². The number of carbonyl (C=O) groups is 1. The van der Waals surface area contributed by atoms with E-state index in [1.807, 2.05) is 25.9 Å². The third-order valence-corrected chi connectivity index (χ3v) is 5.71. The summed E-state index contributed by atoms with van der Waals surface area (Å²) in [4.78, 5) is 38.0. The molecule has 1 atom stereocenters. The van der Waals surface area contributed by atoms with Gasteiger partial charge >= 0.3 is 0 Å². The first-order chi connectivity index (χ1) is 12.2. The summed E-state index contributed by atoms with van der Waals surface area (Å²) in [5.74, 6) is 0.0482. The summed E-state index contributed by atoms with van der Waals surface area (Å²) in [6.45, 7) is 7.76. The second-order valence-corrected chi connectivity index (χ2v) is 9.23. The van der Waals surface area contributed by atoms with Crippen molar-refractivity contribution >= 4 is 29.0 Å². The third-order valence-electron chi connectivity index (χ3n) is 3.76. The SMILES string of the molecule is Cc1cc(=O)[nH]c(S[C@H](C)C(=O)N(CCN(C)C)Cc2ccc(C)s2)n1. The molecular weight excluding hydrogens is 368 g/mol. The summed E-state index contributed by atoms with van der Waals surface area (Å²) >= 11 is 3.00. The van der Waals surface area contributed by atoms with Crippen molar-refractivity contribution in [3.8, 4) is 0 Å². The first-order valence-electron chi connectivity index (χ1n) is 8.48. The van der Waals surface area contributed by atoms with Crippen LogP contribution in [0.4, 0.5) is 0 Å². The maximum atomic E-state index is 13.0. The van der Waals surface area contributed by atoms with E-state index in [0.29, 0.717) is 23.9 Å². The van der Waals surface area contributed by atoms with Crippen molar-refractivity contribution in [1.82, 2.24) is 19.8 Å². The van der Waals surface area contributed by atoms with Gasteiger partial charge in [-0.3, -0.25) is 9.59 Å². The van der Waals surface area contributed by atoms with Crippen molar-refractivity contribution in [2.75, 3.05) is 27.2 Å². The number of aromatic amines is 1. The van der Waals surface area contributed by atoms with Crippen molar-refractivity contribution in [2.24, 2.45) is 0 Å². The second kappa shape index (κ2) is 9.34. The molecule has 0 fully saturated rings. The largest absolute Gasteiger partial charge is 0.335 e. The van der Waals surface area contributed by atoms with Crippen LogP contribution in [0.3, 0.4) is 0 Å². The zero-order valence-electron chi connectivity index (χ0n) is 15.9. The molecule has 6 nitrogen and oxygen atoms in total. The number of nitrogens with zero attached hydrogens (tertiary/aromatic N) is 3. The Hall–Kier alpha value is -1.64. The van der Waals surface area contributed by atoms with E-state index in [0.717, 1.165) is 6.54 Å². The number of thiophene rings is 1. The fourth-order valence-corrected chi connectivity index (χ4v) is 4.28. The number of amides is 1. The molecule has 0 bridgehead atoms. The summed E-state index contributed by atoms with van der Waals surface area (Å²) in [7, 11) is 4.00. The quantitative estimate of drug-likeness (QED) is 0.550. The molecule has 0 radical (unpaired) electrons. The molecule has 1 amide bonds. The topological polar surface area (TPSA) is 69.3 Å². The zero-order chi connectivity index (χ0) is 19.3. The number of thioether (sulfide) groups is 1. The first-order valence-corrected chi connectivity index (χ1v) is 10.2. The lowest BCUT2D eigenvalue weighted by Gasteiger charge is -2.26. The van der Waals surface area contributed by atoms with Crippen LogP contribution < -0.4 is 5.56 Å². The number of hydrogen-bond acceptors (Lipinski definition) is 6. The van der Waals surface area contributed by atoms with E-state index in [1.165, 1.54) is 27.6 Å². The van der Waals surface area contributed by atoms with E-state index in [4.69, 9.17) is 0 Å². The predicted molar refractivity (Wildman–Crippen MR) is 108 cm³/mol. The summed E-state index contributed by atoms with van der Waals surface area (Å²) in [5, 5.41) is 0.151. The molecule has 2 aromatic rings. The Kier molecular flexibility index (Phi) is 7.43. The number of hydrogen-bond donors (Lipinski definition) is 1. The third kappa shape index (κ3) is 6.26. The van der Waals surface area contributed by atoms with Crippen LogP contribution in [-0.2, 0) is 11.3 Å². The van der Waals surface area contributed by atoms with Gasteiger partial charge < -0.3 is 14.8 Å². The van der Waals surface area contributed by atoms with Crippen molar-refractivity contribution in [1.29, 1.82) is 0 Å². The smallest absolute Gasteiger partial charge is 0.251 e. The highest BCUT2D eigenvalue weighted by atomic mass is 32.2. The van der Waals surface area contributed by atoms with Gasteiger partial charge in [-0.1, -0.05) is 11.8 Å². The van der Waals surface area contributed by atoms with Crippen LogP contribution >= 0.6 is 23.1 Å². The lowest BCUT2D eigenvalue weighted by atomic mass is 10.3. The molecule has 0 aliphatic rings. The number of likely N-dealkylation sites (N-methyl/N-ethyl adjacent to an activating group) is 1. The minimum absolute atomic E-state index is 0.0482. The minimum Gasteiger partial charge on any atom is -0.335 e. The number of aryl methyl sites for hydroxylation is 2. The first kappa shape index (κ1) is 20.7. The van der Waals surface area contributed by atoms with E-state index in [2.05, 4.69) is 33.9 Å². The number of aromatic nitrogens is 2. The zero-order valence-corrected chi connectivity index (χ0v) is 17.5. The number of H-pyrrole nitrogens is 1. The van der Waals surface area contributed by atoms with Crippen molar-refractivity contribution in [3.05, 3.63) is 44.0 Å². The van der Waals surface area contributed by atoms with E-state index in [1.54, 1.807) is 18.3 Å². The molecule has 0 spiro atoms. The average Bonchev–Trinajstić information content (AvgIpc) is 2.94. The Labute approximate surface area is 162 Å². The van der Waals surface area contributed by atoms with Crippen molar-refractivity contribution < 1.29 is 4.79 Å². The summed E-state index contributed by atoms with van der Waals surface area (Å²) < 4.78 is 0. The van der Waals surface area contributed by atoms with E-state index < -0.39 is 0 Å². The molecule has 0 aliphatic carbocycles. The fraction of sp³-hybridized carbons (Fsp3) is 0.500. The number of rotatable bonds is 8. The minimum atomic E-state index is -0.330. The van der Waals surface area contributed by atoms with E-state index in [9.17, 15) is 9.59 Å². The highest BCUT2D eigenvalue weighted by molar-refractivity contribution is 8.00. The van der Waals surface area contributed by atoms with Gasteiger partial charge in [0.05, 0.1) is 11.8 Å². The van der Waals surface area contributed by atoms with Gasteiger partial charge in [0.15, 0.2) is 5.16 Å².